The van der Waals surface area contributed by atoms with Gasteiger partial charge in [-0.25, -0.2) is 0 Å². The number of amides is 1. The van der Waals surface area contributed by atoms with Crippen molar-refractivity contribution in [2.45, 2.75) is 32.5 Å². The van der Waals surface area contributed by atoms with E-state index in [0.29, 0.717) is 24.0 Å². The maximum absolute atomic E-state index is 10.8. The molecular weight excluding hydrogens is 246 g/mol. The zero-order valence-corrected chi connectivity index (χ0v) is 11.1. The van der Waals surface area contributed by atoms with Gasteiger partial charge < -0.3 is 15.5 Å². The van der Waals surface area contributed by atoms with Gasteiger partial charge in [-0.1, -0.05) is 11.6 Å². The number of hydrogen-bond donors (Lipinski definition) is 3. The van der Waals surface area contributed by atoms with Gasteiger partial charge in [-0.2, -0.15) is 0 Å². The molecule has 0 radical (unpaired) electrons. The number of rotatable bonds is 6. The third-order valence-electron chi connectivity index (χ3n) is 2.78. The second-order valence-corrected chi connectivity index (χ2v) is 4.58. The highest BCUT2D eigenvalue weighted by Gasteiger charge is 2.18. The number of nitrogens with one attached hydrogen (secondary N) is 1. The fourth-order valence-electron chi connectivity index (χ4n) is 1.86. The first kappa shape index (κ1) is 15.3. The molecule has 2 atom stereocenters. The van der Waals surface area contributed by atoms with E-state index in [1.54, 1.807) is 18.2 Å². The van der Waals surface area contributed by atoms with Gasteiger partial charge >= 0.3 is 0 Å². The molecule has 0 aliphatic carbocycles. The van der Waals surface area contributed by atoms with E-state index in [9.17, 15) is 19.8 Å². The van der Waals surface area contributed by atoms with Gasteiger partial charge in [0.2, 0.25) is 5.91 Å². The van der Waals surface area contributed by atoms with Gasteiger partial charge in [0, 0.05) is 19.0 Å². The zero-order chi connectivity index (χ0) is 14.4. The van der Waals surface area contributed by atoms with Crippen LogP contribution < -0.4 is 5.32 Å². The first-order valence-corrected chi connectivity index (χ1v) is 6.11. The van der Waals surface area contributed by atoms with E-state index in [1.807, 2.05) is 6.92 Å². The van der Waals surface area contributed by atoms with Crippen molar-refractivity contribution in [3.8, 4) is 0 Å². The summed E-state index contributed by atoms with van der Waals surface area (Å²) >= 11 is 0. The van der Waals surface area contributed by atoms with Crippen molar-refractivity contribution in [3.63, 3.8) is 0 Å². The van der Waals surface area contributed by atoms with Crippen LogP contribution in [0, 0.1) is 6.92 Å². The minimum Gasteiger partial charge on any atom is -0.390 e. The first-order chi connectivity index (χ1) is 8.93. The average Bonchev–Trinajstić information content (AvgIpc) is 2.36. The number of carbonyl (C=O) groups excluding carboxylic acids is 2. The second kappa shape index (κ2) is 7.01. The molecule has 1 aromatic rings. The molecule has 0 aliphatic rings. The van der Waals surface area contributed by atoms with Crippen molar-refractivity contribution in [1.82, 2.24) is 5.32 Å². The van der Waals surface area contributed by atoms with Gasteiger partial charge in [0.25, 0.3) is 0 Å². The number of aryl methyl sites for hydroxylation is 1. The molecule has 0 heterocycles. The SMILES string of the molecule is CC(=O)NCCC(O)C(O)c1cc(C)cc(C=O)c1. The first-order valence-electron chi connectivity index (χ1n) is 6.11. The van der Waals surface area contributed by atoms with Crippen molar-refractivity contribution in [2.24, 2.45) is 0 Å². The molecule has 3 N–H and O–H groups in total. The van der Waals surface area contributed by atoms with E-state index < -0.39 is 12.2 Å². The Morgan fingerprint density at radius 2 is 2.05 bits per heavy atom. The molecule has 0 saturated heterocycles. The molecule has 0 fully saturated rings. The summed E-state index contributed by atoms with van der Waals surface area (Å²) < 4.78 is 0. The van der Waals surface area contributed by atoms with E-state index in [1.165, 1.54) is 6.92 Å². The molecule has 5 nitrogen and oxygen atoms in total. The number of hydrogen-bond acceptors (Lipinski definition) is 4. The maximum Gasteiger partial charge on any atom is 0.216 e. The van der Waals surface area contributed by atoms with Crippen LogP contribution >= 0.6 is 0 Å². The van der Waals surface area contributed by atoms with Gasteiger partial charge in [0.1, 0.15) is 12.4 Å². The van der Waals surface area contributed by atoms with Crippen LogP contribution in [0.5, 0.6) is 0 Å². The molecule has 0 spiro atoms. The molecule has 1 amide bonds. The smallest absolute Gasteiger partial charge is 0.216 e. The van der Waals surface area contributed by atoms with E-state index in [0.717, 1.165) is 5.56 Å². The van der Waals surface area contributed by atoms with Gasteiger partial charge in [0.15, 0.2) is 0 Å². The van der Waals surface area contributed by atoms with Crippen LogP contribution in [0.1, 0.15) is 40.9 Å². The van der Waals surface area contributed by atoms with Crippen molar-refractivity contribution < 1.29 is 19.8 Å². The number of carbonyl (C=O) groups is 2. The molecule has 1 aromatic carbocycles. The lowest BCUT2D eigenvalue weighted by atomic mass is 9.98. The molecule has 19 heavy (non-hydrogen) atoms. The molecule has 1 rings (SSSR count). The lowest BCUT2D eigenvalue weighted by Crippen LogP contribution is -2.27. The van der Waals surface area contributed by atoms with Crippen LogP contribution in [0.15, 0.2) is 18.2 Å². The summed E-state index contributed by atoms with van der Waals surface area (Å²) in [5.41, 5.74) is 1.80. The lowest BCUT2D eigenvalue weighted by molar-refractivity contribution is -0.119. The number of aliphatic hydroxyl groups excluding tert-OH is 2. The highest BCUT2D eigenvalue weighted by atomic mass is 16.3. The molecule has 5 heteroatoms. The summed E-state index contributed by atoms with van der Waals surface area (Å²) in [6.45, 7) is 3.49. The molecule has 0 bridgehead atoms. The van der Waals surface area contributed by atoms with Gasteiger partial charge in [-0.3, -0.25) is 9.59 Å². The Balaban J connectivity index is 2.70. The number of aldehydes is 1. The van der Waals surface area contributed by atoms with E-state index >= 15 is 0 Å². The van der Waals surface area contributed by atoms with Crippen LogP contribution in [0.3, 0.4) is 0 Å². The van der Waals surface area contributed by atoms with Crippen LogP contribution in [0.25, 0.3) is 0 Å². The molecule has 0 aromatic heterocycles. The Kier molecular flexibility index (Phi) is 5.66. The monoisotopic (exact) mass is 265 g/mol. The lowest BCUT2D eigenvalue weighted by Gasteiger charge is -2.19. The summed E-state index contributed by atoms with van der Waals surface area (Å²) in [7, 11) is 0. The van der Waals surface area contributed by atoms with E-state index in [4.69, 9.17) is 0 Å². The maximum atomic E-state index is 10.8. The minimum absolute atomic E-state index is 0.180. The zero-order valence-electron chi connectivity index (χ0n) is 11.1. The van der Waals surface area contributed by atoms with Gasteiger partial charge in [-0.15, -0.1) is 0 Å². The van der Waals surface area contributed by atoms with Gasteiger partial charge in [0.05, 0.1) is 6.10 Å². The topological polar surface area (TPSA) is 86.6 Å². The van der Waals surface area contributed by atoms with E-state index in [-0.39, 0.29) is 12.3 Å². The Morgan fingerprint density at radius 1 is 1.37 bits per heavy atom. The Labute approximate surface area is 112 Å². The third-order valence-corrected chi connectivity index (χ3v) is 2.78. The summed E-state index contributed by atoms with van der Waals surface area (Å²) in [5.74, 6) is -0.180. The van der Waals surface area contributed by atoms with Crippen molar-refractivity contribution in [3.05, 3.63) is 34.9 Å². The molecule has 0 saturated carbocycles. The third kappa shape index (κ3) is 4.81. The second-order valence-electron chi connectivity index (χ2n) is 4.58. The summed E-state index contributed by atoms with van der Waals surface area (Å²) in [6.07, 6.45) is -1.13. The molecule has 0 aliphatic heterocycles. The fourth-order valence-corrected chi connectivity index (χ4v) is 1.86. The minimum atomic E-state index is -1.08. The van der Waals surface area contributed by atoms with Crippen molar-refractivity contribution >= 4 is 12.2 Å². The summed E-state index contributed by atoms with van der Waals surface area (Å²) in [5, 5.41) is 22.4. The van der Waals surface area contributed by atoms with Gasteiger partial charge in [-0.05, 0) is 31.0 Å². The Bertz CT molecular complexity index is 459. The summed E-state index contributed by atoms with van der Waals surface area (Å²) in [4.78, 5) is 21.5. The van der Waals surface area contributed by atoms with E-state index in [2.05, 4.69) is 5.32 Å². The predicted octanol–water partition coefficient (Wildman–Crippen LogP) is 0.728. The number of benzene rings is 1. The van der Waals surface area contributed by atoms with Crippen LogP contribution in [0.4, 0.5) is 0 Å². The standard InChI is InChI=1S/C14H19NO4/c1-9-5-11(8-16)7-12(6-9)14(19)13(18)3-4-15-10(2)17/h5-8,13-14,18-19H,3-4H2,1-2H3,(H,15,17). The van der Waals surface area contributed by atoms with Crippen LogP contribution in [-0.2, 0) is 4.79 Å². The summed E-state index contributed by atoms with van der Waals surface area (Å²) in [6, 6.07) is 4.97. The predicted molar refractivity (Wildman–Crippen MR) is 70.8 cm³/mol. The highest BCUT2D eigenvalue weighted by molar-refractivity contribution is 5.75. The Hall–Kier alpha value is -1.72. The van der Waals surface area contributed by atoms with Crippen LogP contribution in [-0.4, -0.2) is 35.1 Å². The number of aliphatic hydroxyl groups is 2. The molecular formula is C14H19NO4. The largest absolute Gasteiger partial charge is 0.390 e. The van der Waals surface area contributed by atoms with Crippen molar-refractivity contribution in [2.75, 3.05) is 6.54 Å². The fraction of sp³-hybridized carbons (Fsp3) is 0.429. The molecule has 2 unspecified atom stereocenters. The highest BCUT2D eigenvalue weighted by Crippen LogP contribution is 2.21. The normalized spacial score (nSPS) is 13.7. The Morgan fingerprint density at radius 3 is 2.63 bits per heavy atom. The van der Waals surface area contributed by atoms with Crippen molar-refractivity contribution in [1.29, 1.82) is 0 Å². The van der Waals surface area contributed by atoms with Crippen LogP contribution in [0.2, 0.25) is 0 Å². The molecule has 104 valence electrons. The quantitative estimate of drug-likeness (QED) is 0.662. The average molecular weight is 265 g/mol.